The van der Waals surface area contributed by atoms with E-state index in [1.54, 1.807) is 0 Å². The normalized spacial score (nSPS) is 15.9. The Hall–Kier alpha value is -1.23. The van der Waals surface area contributed by atoms with E-state index in [1.807, 2.05) is 6.92 Å². The highest BCUT2D eigenvalue weighted by molar-refractivity contribution is 5.60. The molecular formula is C9H16N4O. The summed E-state index contributed by atoms with van der Waals surface area (Å²) < 4.78 is 0. The summed E-state index contributed by atoms with van der Waals surface area (Å²) in [6.07, 6.45) is 2.34. The van der Waals surface area contributed by atoms with E-state index < -0.39 is 0 Å². The molecule has 0 unspecified atom stereocenters. The Kier molecular flexibility index (Phi) is 2.33. The van der Waals surface area contributed by atoms with Crippen molar-refractivity contribution in [2.75, 3.05) is 23.8 Å². The van der Waals surface area contributed by atoms with Crippen LogP contribution in [0, 0.1) is 6.92 Å². The summed E-state index contributed by atoms with van der Waals surface area (Å²) >= 11 is 0. The standard InChI is InChI=1S/C9H16N4O/c1-6-11-8(10)9(12-6)13(4-5-14)7-2-3-7/h7,14H,2-5,10H2,1H3,(H,11,12). The fraction of sp³-hybridized carbons (Fsp3) is 0.667. The maximum absolute atomic E-state index is 8.95. The Bertz CT molecular complexity index is 319. The molecule has 2 rings (SSSR count). The van der Waals surface area contributed by atoms with Crippen molar-refractivity contribution in [2.24, 2.45) is 0 Å². The number of hydrogen-bond donors (Lipinski definition) is 3. The second-order valence-electron chi connectivity index (χ2n) is 3.71. The zero-order chi connectivity index (χ0) is 10.1. The molecule has 0 aliphatic heterocycles. The van der Waals surface area contributed by atoms with Crippen LogP contribution in [0.3, 0.4) is 0 Å². The first-order valence-corrected chi connectivity index (χ1v) is 4.92. The fourth-order valence-corrected chi connectivity index (χ4v) is 1.67. The van der Waals surface area contributed by atoms with E-state index in [9.17, 15) is 0 Å². The van der Waals surface area contributed by atoms with Crippen molar-refractivity contribution >= 4 is 11.6 Å². The van der Waals surface area contributed by atoms with E-state index in [-0.39, 0.29) is 6.61 Å². The lowest BCUT2D eigenvalue weighted by Gasteiger charge is -2.21. The lowest BCUT2D eigenvalue weighted by atomic mass is 10.4. The van der Waals surface area contributed by atoms with E-state index in [0.29, 0.717) is 18.4 Å². The van der Waals surface area contributed by atoms with Gasteiger partial charge in [-0.25, -0.2) is 4.98 Å². The fourth-order valence-electron chi connectivity index (χ4n) is 1.67. The van der Waals surface area contributed by atoms with Gasteiger partial charge in [0, 0.05) is 12.6 Å². The lowest BCUT2D eigenvalue weighted by molar-refractivity contribution is 0.301. The summed E-state index contributed by atoms with van der Waals surface area (Å²) in [5, 5.41) is 8.95. The van der Waals surface area contributed by atoms with Crippen molar-refractivity contribution in [1.82, 2.24) is 9.97 Å². The number of aliphatic hydroxyl groups is 1. The molecular weight excluding hydrogens is 180 g/mol. The third kappa shape index (κ3) is 1.68. The van der Waals surface area contributed by atoms with Crippen molar-refractivity contribution in [3.8, 4) is 0 Å². The quantitative estimate of drug-likeness (QED) is 0.645. The van der Waals surface area contributed by atoms with Gasteiger partial charge in [-0.2, -0.15) is 0 Å². The molecule has 14 heavy (non-hydrogen) atoms. The van der Waals surface area contributed by atoms with Gasteiger partial charge in [-0.15, -0.1) is 0 Å². The maximum Gasteiger partial charge on any atom is 0.171 e. The molecule has 1 saturated carbocycles. The van der Waals surface area contributed by atoms with Crippen LogP contribution in [0.4, 0.5) is 11.6 Å². The third-order valence-electron chi connectivity index (χ3n) is 2.43. The van der Waals surface area contributed by atoms with Gasteiger partial charge in [-0.1, -0.05) is 0 Å². The Morgan fingerprint density at radius 1 is 1.64 bits per heavy atom. The van der Waals surface area contributed by atoms with Crippen molar-refractivity contribution in [2.45, 2.75) is 25.8 Å². The number of aliphatic hydroxyl groups excluding tert-OH is 1. The lowest BCUT2D eigenvalue weighted by Crippen LogP contribution is -2.29. The number of rotatable bonds is 4. The maximum atomic E-state index is 8.95. The van der Waals surface area contributed by atoms with E-state index in [2.05, 4.69) is 14.9 Å². The Balaban J connectivity index is 2.20. The molecule has 5 heteroatoms. The molecule has 1 aliphatic rings. The number of hydrogen-bond acceptors (Lipinski definition) is 4. The smallest absolute Gasteiger partial charge is 0.171 e. The second kappa shape index (κ2) is 3.49. The minimum Gasteiger partial charge on any atom is -0.395 e. The molecule has 0 aromatic carbocycles. The summed E-state index contributed by atoms with van der Waals surface area (Å²) in [5.41, 5.74) is 5.80. The molecule has 0 bridgehead atoms. The van der Waals surface area contributed by atoms with Crippen LogP contribution in [0.5, 0.6) is 0 Å². The zero-order valence-electron chi connectivity index (χ0n) is 8.32. The monoisotopic (exact) mass is 196 g/mol. The molecule has 1 aliphatic carbocycles. The molecule has 0 saturated heterocycles. The first-order valence-electron chi connectivity index (χ1n) is 4.92. The van der Waals surface area contributed by atoms with Gasteiger partial charge < -0.3 is 20.7 Å². The molecule has 78 valence electrons. The highest BCUT2D eigenvalue weighted by atomic mass is 16.3. The summed E-state index contributed by atoms with van der Waals surface area (Å²) in [6.45, 7) is 2.63. The van der Waals surface area contributed by atoms with E-state index in [1.165, 1.54) is 12.8 Å². The van der Waals surface area contributed by atoms with Crippen LogP contribution in [0.1, 0.15) is 18.7 Å². The predicted molar refractivity (Wildman–Crippen MR) is 55.2 cm³/mol. The minimum absolute atomic E-state index is 0.141. The van der Waals surface area contributed by atoms with Gasteiger partial charge in [-0.05, 0) is 19.8 Å². The summed E-state index contributed by atoms with van der Waals surface area (Å²) in [6, 6.07) is 0.521. The largest absolute Gasteiger partial charge is 0.395 e. The first kappa shape index (κ1) is 9.33. The molecule has 1 aromatic rings. The van der Waals surface area contributed by atoms with E-state index >= 15 is 0 Å². The number of aryl methyl sites for hydroxylation is 1. The van der Waals surface area contributed by atoms with Crippen LogP contribution < -0.4 is 10.6 Å². The number of imidazole rings is 1. The number of nitrogen functional groups attached to an aromatic ring is 1. The highest BCUT2D eigenvalue weighted by Gasteiger charge is 2.31. The average Bonchev–Trinajstić information content (AvgIpc) is 2.89. The molecule has 0 radical (unpaired) electrons. The topological polar surface area (TPSA) is 78.2 Å². The van der Waals surface area contributed by atoms with Gasteiger partial charge in [0.25, 0.3) is 0 Å². The second-order valence-corrected chi connectivity index (χ2v) is 3.71. The SMILES string of the molecule is Cc1nc(N(CCO)C2CC2)c(N)[nH]1. The zero-order valence-corrected chi connectivity index (χ0v) is 8.32. The van der Waals surface area contributed by atoms with E-state index in [0.717, 1.165) is 11.6 Å². The van der Waals surface area contributed by atoms with Crippen molar-refractivity contribution < 1.29 is 5.11 Å². The predicted octanol–water partition coefficient (Wildman–Crippen LogP) is 0.261. The number of aromatic amines is 1. The molecule has 0 spiro atoms. The van der Waals surface area contributed by atoms with Crippen molar-refractivity contribution in [3.05, 3.63) is 5.82 Å². The van der Waals surface area contributed by atoms with Crippen LogP contribution in [-0.2, 0) is 0 Å². The molecule has 5 nitrogen and oxygen atoms in total. The van der Waals surface area contributed by atoms with Crippen molar-refractivity contribution in [3.63, 3.8) is 0 Å². The van der Waals surface area contributed by atoms with Gasteiger partial charge in [0.1, 0.15) is 11.6 Å². The molecule has 0 amide bonds. The van der Waals surface area contributed by atoms with Gasteiger partial charge in [0.2, 0.25) is 0 Å². The Labute approximate surface area is 82.9 Å². The number of nitrogens with one attached hydrogen (secondary N) is 1. The average molecular weight is 196 g/mol. The van der Waals surface area contributed by atoms with Crippen LogP contribution in [0.15, 0.2) is 0 Å². The molecule has 4 N–H and O–H groups in total. The van der Waals surface area contributed by atoms with Crippen LogP contribution in [-0.4, -0.2) is 34.3 Å². The van der Waals surface area contributed by atoms with Crippen molar-refractivity contribution in [1.29, 1.82) is 0 Å². The Morgan fingerprint density at radius 2 is 2.36 bits per heavy atom. The highest BCUT2D eigenvalue weighted by Crippen LogP contribution is 2.32. The third-order valence-corrected chi connectivity index (χ3v) is 2.43. The van der Waals surface area contributed by atoms with Crippen LogP contribution >= 0.6 is 0 Å². The Morgan fingerprint density at radius 3 is 2.79 bits per heavy atom. The molecule has 1 fully saturated rings. The number of nitrogens with two attached hydrogens (primary N) is 1. The number of anilines is 2. The van der Waals surface area contributed by atoms with Gasteiger partial charge >= 0.3 is 0 Å². The summed E-state index contributed by atoms with van der Waals surface area (Å²) in [5.74, 6) is 2.21. The summed E-state index contributed by atoms with van der Waals surface area (Å²) in [7, 11) is 0. The minimum atomic E-state index is 0.141. The van der Waals surface area contributed by atoms with Gasteiger partial charge in [-0.3, -0.25) is 0 Å². The van der Waals surface area contributed by atoms with Crippen LogP contribution in [0.2, 0.25) is 0 Å². The number of H-pyrrole nitrogens is 1. The number of nitrogens with zero attached hydrogens (tertiary/aromatic N) is 2. The molecule has 0 atom stereocenters. The molecule has 1 heterocycles. The van der Waals surface area contributed by atoms with E-state index in [4.69, 9.17) is 10.8 Å². The van der Waals surface area contributed by atoms with Gasteiger partial charge in [0.15, 0.2) is 5.82 Å². The summed E-state index contributed by atoms with van der Waals surface area (Å²) in [4.78, 5) is 9.38. The first-order chi connectivity index (χ1) is 6.72. The molecule has 1 aromatic heterocycles. The van der Waals surface area contributed by atoms with Gasteiger partial charge in [0.05, 0.1) is 6.61 Å². The number of aromatic nitrogens is 2. The van der Waals surface area contributed by atoms with Crippen LogP contribution in [0.25, 0.3) is 0 Å².